The average molecular weight is 281 g/mol. The molecule has 1 saturated carbocycles. The lowest BCUT2D eigenvalue weighted by atomic mass is 10.2. The molecule has 0 atom stereocenters. The van der Waals surface area contributed by atoms with Gasteiger partial charge < -0.3 is 9.88 Å². The van der Waals surface area contributed by atoms with E-state index >= 15 is 0 Å². The van der Waals surface area contributed by atoms with E-state index in [1.165, 1.54) is 18.9 Å². The van der Waals surface area contributed by atoms with Crippen molar-refractivity contribution in [1.29, 1.82) is 0 Å². The van der Waals surface area contributed by atoms with Crippen molar-refractivity contribution in [3.8, 4) is 0 Å². The fraction of sp³-hybridized carbons (Fsp3) is 0.357. The molecule has 0 saturated heterocycles. The number of benzene rings is 1. The van der Waals surface area contributed by atoms with Gasteiger partial charge in [0, 0.05) is 17.9 Å². The Morgan fingerprint density at radius 1 is 1.35 bits per heavy atom. The molecule has 0 amide bonds. The Bertz CT molecular complexity index is 605. The minimum absolute atomic E-state index is 0.425. The number of halogens is 3. The van der Waals surface area contributed by atoms with Crippen molar-refractivity contribution in [2.24, 2.45) is 0 Å². The summed E-state index contributed by atoms with van der Waals surface area (Å²) in [6.07, 6.45) is 3.27. The van der Waals surface area contributed by atoms with Crippen molar-refractivity contribution in [3.05, 3.63) is 47.8 Å². The molecule has 6 heteroatoms. The first-order valence-electron chi connectivity index (χ1n) is 6.47. The molecular weight excluding hydrogens is 267 g/mol. The molecule has 1 aliphatic rings. The predicted molar refractivity (Wildman–Crippen MR) is 69.2 cm³/mol. The predicted octanol–water partition coefficient (Wildman–Crippen LogP) is 3.91. The summed E-state index contributed by atoms with van der Waals surface area (Å²) in [5, 5.41) is 2.98. The molecular formula is C14H14F3N3. The van der Waals surface area contributed by atoms with E-state index < -0.39 is 17.8 Å². The summed E-state index contributed by atoms with van der Waals surface area (Å²) in [6.45, 7) is 0.425. The normalized spacial score (nSPS) is 14.8. The fourth-order valence-corrected chi connectivity index (χ4v) is 2.06. The molecule has 1 heterocycles. The molecule has 3 rings (SSSR count). The summed E-state index contributed by atoms with van der Waals surface area (Å²) in [4.78, 5) is 4.25. The SMILES string of the molecule is Fc1ccc(NCc2cn(C3CC3)cn2)cc1C(F)F. The largest absolute Gasteiger partial charge is 0.379 e. The minimum atomic E-state index is -2.81. The Kier molecular flexibility index (Phi) is 3.38. The quantitative estimate of drug-likeness (QED) is 0.900. The average Bonchev–Trinajstić information content (AvgIpc) is 3.17. The molecule has 1 N–H and O–H groups in total. The van der Waals surface area contributed by atoms with Gasteiger partial charge >= 0.3 is 0 Å². The van der Waals surface area contributed by atoms with Gasteiger partial charge in [0.05, 0.1) is 24.1 Å². The van der Waals surface area contributed by atoms with E-state index in [2.05, 4.69) is 14.9 Å². The Morgan fingerprint density at radius 3 is 2.85 bits per heavy atom. The van der Waals surface area contributed by atoms with Crippen LogP contribution in [0.1, 0.15) is 36.6 Å². The first kappa shape index (κ1) is 13.0. The third-order valence-electron chi connectivity index (χ3n) is 3.33. The van der Waals surface area contributed by atoms with Gasteiger partial charge in [0.25, 0.3) is 6.43 Å². The molecule has 1 aliphatic carbocycles. The van der Waals surface area contributed by atoms with Crippen LogP contribution in [-0.2, 0) is 6.54 Å². The van der Waals surface area contributed by atoms with Gasteiger partial charge in [0.1, 0.15) is 5.82 Å². The maximum atomic E-state index is 13.2. The van der Waals surface area contributed by atoms with Gasteiger partial charge in [-0.15, -0.1) is 0 Å². The standard InChI is InChI=1S/C14H14F3N3/c15-13-4-1-9(5-12(13)14(16)17)18-6-10-7-20(8-19-10)11-2-3-11/h1,4-5,7-8,11,14,18H,2-3,6H2. The molecule has 1 aromatic carbocycles. The van der Waals surface area contributed by atoms with Gasteiger partial charge in [-0.2, -0.15) is 0 Å². The first-order valence-corrected chi connectivity index (χ1v) is 6.47. The maximum absolute atomic E-state index is 13.2. The first-order chi connectivity index (χ1) is 9.63. The van der Waals surface area contributed by atoms with Crippen molar-refractivity contribution in [3.63, 3.8) is 0 Å². The minimum Gasteiger partial charge on any atom is -0.379 e. The van der Waals surface area contributed by atoms with Crippen LogP contribution in [0.5, 0.6) is 0 Å². The second-order valence-electron chi connectivity index (χ2n) is 4.93. The van der Waals surface area contributed by atoms with E-state index in [0.717, 1.165) is 17.8 Å². The Hall–Kier alpha value is -1.98. The molecule has 3 nitrogen and oxygen atoms in total. The fourth-order valence-electron chi connectivity index (χ4n) is 2.06. The van der Waals surface area contributed by atoms with Crippen LogP contribution in [0.15, 0.2) is 30.7 Å². The topological polar surface area (TPSA) is 29.9 Å². The van der Waals surface area contributed by atoms with Gasteiger partial charge in [-0.3, -0.25) is 0 Å². The third-order valence-corrected chi connectivity index (χ3v) is 3.33. The van der Waals surface area contributed by atoms with Crippen molar-refractivity contribution < 1.29 is 13.2 Å². The zero-order valence-corrected chi connectivity index (χ0v) is 10.7. The second kappa shape index (κ2) is 5.19. The number of anilines is 1. The molecule has 0 spiro atoms. The van der Waals surface area contributed by atoms with Crippen molar-refractivity contribution in [1.82, 2.24) is 9.55 Å². The molecule has 1 aromatic heterocycles. The number of hydrogen-bond acceptors (Lipinski definition) is 2. The number of imidazole rings is 1. The monoisotopic (exact) mass is 281 g/mol. The van der Waals surface area contributed by atoms with Gasteiger partial charge in [-0.1, -0.05) is 0 Å². The van der Waals surface area contributed by atoms with Gasteiger partial charge in [0.15, 0.2) is 0 Å². The van der Waals surface area contributed by atoms with E-state index in [4.69, 9.17) is 0 Å². The van der Waals surface area contributed by atoms with Gasteiger partial charge in [-0.05, 0) is 31.0 Å². The van der Waals surface area contributed by atoms with Crippen LogP contribution in [0.25, 0.3) is 0 Å². The highest BCUT2D eigenvalue weighted by molar-refractivity contribution is 5.46. The highest BCUT2D eigenvalue weighted by atomic mass is 19.3. The van der Waals surface area contributed by atoms with Crippen LogP contribution < -0.4 is 5.32 Å². The lowest BCUT2D eigenvalue weighted by molar-refractivity contribution is 0.146. The number of nitrogens with zero attached hydrogens (tertiary/aromatic N) is 2. The number of rotatable bonds is 5. The maximum Gasteiger partial charge on any atom is 0.266 e. The third kappa shape index (κ3) is 2.79. The van der Waals surface area contributed by atoms with Crippen LogP contribution >= 0.6 is 0 Å². The summed E-state index contributed by atoms with van der Waals surface area (Å²) in [5.74, 6) is -0.886. The summed E-state index contributed by atoms with van der Waals surface area (Å²) >= 11 is 0. The summed E-state index contributed by atoms with van der Waals surface area (Å²) in [7, 11) is 0. The van der Waals surface area contributed by atoms with Crippen LogP contribution in [0.3, 0.4) is 0 Å². The van der Waals surface area contributed by atoms with E-state index in [0.29, 0.717) is 18.3 Å². The highest BCUT2D eigenvalue weighted by Gasteiger charge is 2.23. The van der Waals surface area contributed by atoms with E-state index in [1.807, 2.05) is 6.20 Å². The van der Waals surface area contributed by atoms with E-state index in [1.54, 1.807) is 6.33 Å². The lowest BCUT2D eigenvalue weighted by Crippen LogP contribution is -2.01. The van der Waals surface area contributed by atoms with E-state index in [9.17, 15) is 13.2 Å². The van der Waals surface area contributed by atoms with Crippen molar-refractivity contribution in [2.75, 3.05) is 5.32 Å². The van der Waals surface area contributed by atoms with Crippen LogP contribution in [-0.4, -0.2) is 9.55 Å². The second-order valence-corrected chi connectivity index (χ2v) is 4.93. The molecule has 0 aliphatic heterocycles. The summed E-state index contributed by atoms with van der Waals surface area (Å²) in [6, 6.07) is 4.19. The van der Waals surface area contributed by atoms with Gasteiger partial charge in [0.2, 0.25) is 0 Å². The molecule has 20 heavy (non-hydrogen) atoms. The molecule has 2 aromatic rings. The van der Waals surface area contributed by atoms with Crippen LogP contribution in [0.4, 0.5) is 18.9 Å². The number of aromatic nitrogens is 2. The Balaban J connectivity index is 1.66. The zero-order valence-electron chi connectivity index (χ0n) is 10.7. The van der Waals surface area contributed by atoms with Crippen LogP contribution in [0, 0.1) is 5.82 Å². The lowest BCUT2D eigenvalue weighted by Gasteiger charge is -2.08. The molecule has 1 fully saturated rings. The number of nitrogens with one attached hydrogen (secondary N) is 1. The van der Waals surface area contributed by atoms with Crippen LogP contribution in [0.2, 0.25) is 0 Å². The highest BCUT2D eigenvalue weighted by Crippen LogP contribution is 2.34. The number of alkyl halides is 2. The van der Waals surface area contributed by atoms with Crippen molar-refractivity contribution >= 4 is 5.69 Å². The Morgan fingerprint density at radius 2 is 2.15 bits per heavy atom. The molecule has 106 valence electrons. The summed E-state index contributed by atoms with van der Waals surface area (Å²) in [5.41, 5.74) is 0.709. The molecule has 0 radical (unpaired) electrons. The number of hydrogen-bond donors (Lipinski definition) is 1. The van der Waals surface area contributed by atoms with Gasteiger partial charge in [-0.25, -0.2) is 18.2 Å². The van der Waals surface area contributed by atoms with E-state index in [-0.39, 0.29) is 0 Å². The summed E-state index contributed by atoms with van der Waals surface area (Å²) < 4.78 is 40.4. The smallest absolute Gasteiger partial charge is 0.266 e. The Labute approximate surface area is 114 Å². The molecule has 0 unspecified atom stereocenters. The molecule has 0 bridgehead atoms. The van der Waals surface area contributed by atoms with Crippen molar-refractivity contribution in [2.45, 2.75) is 31.9 Å². The zero-order chi connectivity index (χ0) is 14.1.